The summed E-state index contributed by atoms with van der Waals surface area (Å²) in [7, 11) is 0. The molecule has 0 spiro atoms. The third-order valence-corrected chi connectivity index (χ3v) is 6.19. The standard InChI is InChI=1S/C22H21FN4O2S/c1-14-8-10-16(11-9-14)24-19(28)21-26-25-20(30-21)15-5-4-12-27(13-15)22(29)17-6-2-3-7-18(17)23/h2-3,6-11,15H,4-5,12-13H2,1H3,(H,24,28). The highest BCUT2D eigenvalue weighted by Gasteiger charge is 2.29. The van der Waals surface area contributed by atoms with Crippen molar-refractivity contribution in [3.05, 3.63) is 75.5 Å². The average Bonchev–Trinajstić information content (AvgIpc) is 3.26. The first kappa shape index (κ1) is 20.2. The Morgan fingerprint density at radius 2 is 1.90 bits per heavy atom. The number of carbonyl (C=O) groups is 2. The molecule has 0 saturated carbocycles. The fraction of sp³-hybridized carbons (Fsp3) is 0.273. The van der Waals surface area contributed by atoms with Crippen LogP contribution in [0.3, 0.4) is 0 Å². The molecule has 30 heavy (non-hydrogen) atoms. The van der Waals surface area contributed by atoms with Gasteiger partial charge in [-0.25, -0.2) is 4.39 Å². The summed E-state index contributed by atoms with van der Waals surface area (Å²) < 4.78 is 14.0. The molecule has 1 fully saturated rings. The van der Waals surface area contributed by atoms with Crippen LogP contribution in [0.15, 0.2) is 48.5 Å². The SMILES string of the molecule is Cc1ccc(NC(=O)c2nnc(C3CCCN(C(=O)c4ccccc4F)C3)s2)cc1. The first-order valence-corrected chi connectivity index (χ1v) is 10.6. The van der Waals surface area contributed by atoms with Crippen molar-refractivity contribution in [2.24, 2.45) is 0 Å². The molecule has 1 saturated heterocycles. The smallest absolute Gasteiger partial charge is 0.286 e. The lowest BCUT2D eigenvalue weighted by Crippen LogP contribution is -2.39. The molecule has 1 N–H and O–H groups in total. The Hall–Kier alpha value is -3.13. The van der Waals surface area contributed by atoms with E-state index in [2.05, 4.69) is 15.5 Å². The summed E-state index contributed by atoms with van der Waals surface area (Å²) in [6.07, 6.45) is 1.63. The lowest BCUT2D eigenvalue weighted by molar-refractivity contribution is 0.0702. The molecule has 6 nitrogen and oxygen atoms in total. The minimum absolute atomic E-state index is 0.0205. The van der Waals surface area contributed by atoms with Gasteiger partial charge in [-0.15, -0.1) is 10.2 Å². The zero-order valence-electron chi connectivity index (χ0n) is 16.5. The third-order valence-electron chi connectivity index (χ3n) is 5.11. The maximum absolute atomic E-state index is 14.0. The zero-order valence-corrected chi connectivity index (χ0v) is 17.3. The van der Waals surface area contributed by atoms with Crippen molar-refractivity contribution in [2.75, 3.05) is 18.4 Å². The molecule has 0 bridgehead atoms. The Labute approximate surface area is 177 Å². The van der Waals surface area contributed by atoms with Gasteiger partial charge in [0.1, 0.15) is 10.8 Å². The van der Waals surface area contributed by atoms with E-state index in [0.717, 1.165) is 23.4 Å². The van der Waals surface area contributed by atoms with Crippen LogP contribution in [0.1, 0.15) is 49.5 Å². The molecule has 2 heterocycles. The second-order valence-electron chi connectivity index (χ2n) is 7.34. The second kappa shape index (κ2) is 8.71. The summed E-state index contributed by atoms with van der Waals surface area (Å²) in [4.78, 5) is 26.9. The van der Waals surface area contributed by atoms with Crippen LogP contribution in [-0.4, -0.2) is 40.0 Å². The number of benzene rings is 2. The molecule has 0 aliphatic carbocycles. The number of rotatable bonds is 4. The van der Waals surface area contributed by atoms with E-state index in [4.69, 9.17) is 0 Å². The topological polar surface area (TPSA) is 75.2 Å². The van der Waals surface area contributed by atoms with Gasteiger partial charge in [0.2, 0.25) is 5.01 Å². The number of carbonyl (C=O) groups excluding carboxylic acids is 2. The highest BCUT2D eigenvalue weighted by atomic mass is 32.1. The molecule has 1 aromatic heterocycles. The van der Waals surface area contributed by atoms with Crippen molar-refractivity contribution in [3.63, 3.8) is 0 Å². The van der Waals surface area contributed by atoms with Crippen molar-refractivity contribution in [1.82, 2.24) is 15.1 Å². The minimum atomic E-state index is -0.518. The number of nitrogens with zero attached hydrogens (tertiary/aromatic N) is 3. The van der Waals surface area contributed by atoms with Crippen LogP contribution in [0.25, 0.3) is 0 Å². The molecular weight excluding hydrogens is 403 g/mol. The fourth-order valence-electron chi connectivity index (χ4n) is 3.48. The predicted octanol–water partition coefficient (Wildman–Crippen LogP) is 4.26. The van der Waals surface area contributed by atoms with Gasteiger partial charge in [0.05, 0.1) is 5.56 Å². The van der Waals surface area contributed by atoms with Crippen molar-refractivity contribution >= 4 is 28.8 Å². The van der Waals surface area contributed by atoms with Gasteiger partial charge in [0, 0.05) is 24.7 Å². The summed E-state index contributed by atoms with van der Waals surface area (Å²) in [5.41, 5.74) is 1.88. The number of aryl methyl sites for hydroxylation is 1. The first-order valence-electron chi connectivity index (χ1n) is 9.76. The number of piperidine rings is 1. The van der Waals surface area contributed by atoms with Gasteiger partial charge in [0.25, 0.3) is 11.8 Å². The van der Waals surface area contributed by atoms with E-state index < -0.39 is 5.82 Å². The molecule has 1 aliphatic rings. The maximum Gasteiger partial charge on any atom is 0.286 e. The Kier molecular flexibility index (Phi) is 5.85. The van der Waals surface area contributed by atoms with Crippen LogP contribution in [0.2, 0.25) is 0 Å². The molecule has 1 atom stereocenters. The average molecular weight is 425 g/mol. The molecule has 8 heteroatoms. The zero-order chi connectivity index (χ0) is 21.1. The van der Waals surface area contributed by atoms with Gasteiger partial charge < -0.3 is 10.2 Å². The molecular formula is C22H21FN4O2S. The molecule has 2 aromatic carbocycles. The van der Waals surface area contributed by atoms with Gasteiger partial charge in [-0.3, -0.25) is 9.59 Å². The lowest BCUT2D eigenvalue weighted by Gasteiger charge is -2.31. The molecule has 2 amide bonds. The van der Waals surface area contributed by atoms with Crippen LogP contribution in [0.4, 0.5) is 10.1 Å². The van der Waals surface area contributed by atoms with Gasteiger partial charge in [-0.1, -0.05) is 41.2 Å². The van der Waals surface area contributed by atoms with E-state index >= 15 is 0 Å². The third kappa shape index (κ3) is 4.38. The van der Waals surface area contributed by atoms with Crippen molar-refractivity contribution in [3.8, 4) is 0 Å². The molecule has 154 valence electrons. The van der Waals surface area contributed by atoms with Crippen molar-refractivity contribution in [1.29, 1.82) is 0 Å². The van der Waals surface area contributed by atoms with Crippen LogP contribution in [-0.2, 0) is 0 Å². The number of nitrogens with one attached hydrogen (secondary N) is 1. The van der Waals surface area contributed by atoms with Crippen LogP contribution in [0.5, 0.6) is 0 Å². The van der Waals surface area contributed by atoms with Crippen molar-refractivity contribution < 1.29 is 14.0 Å². The number of likely N-dealkylation sites (tertiary alicyclic amines) is 1. The highest BCUT2D eigenvalue weighted by molar-refractivity contribution is 7.13. The number of aromatic nitrogens is 2. The van der Waals surface area contributed by atoms with Crippen LogP contribution >= 0.6 is 11.3 Å². The first-order chi connectivity index (χ1) is 14.5. The number of halogens is 1. The number of hydrogen-bond donors (Lipinski definition) is 1. The normalized spacial score (nSPS) is 16.3. The number of amides is 2. The summed E-state index contributed by atoms with van der Waals surface area (Å²) >= 11 is 1.24. The molecule has 3 aromatic rings. The maximum atomic E-state index is 14.0. The largest absolute Gasteiger partial charge is 0.338 e. The monoisotopic (exact) mass is 424 g/mol. The Morgan fingerprint density at radius 1 is 1.13 bits per heavy atom. The minimum Gasteiger partial charge on any atom is -0.338 e. The van der Waals surface area contributed by atoms with E-state index in [0.29, 0.717) is 18.8 Å². The van der Waals surface area contributed by atoms with E-state index in [9.17, 15) is 14.0 Å². The summed E-state index contributed by atoms with van der Waals surface area (Å²) in [5, 5.41) is 12.1. The lowest BCUT2D eigenvalue weighted by atomic mass is 9.98. The molecule has 0 radical (unpaired) electrons. The van der Waals surface area contributed by atoms with E-state index in [1.165, 1.54) is 23.5 Å². The predicted molar refractivity (Wildman–Crippen MR) is 113 cm³/mol. The van der Waals surface area contributed by atoms with Crippen LogP contribution in [0, 0.1) is 12.7 Å². The Morgan fingerprint density at radius 3 is 2.67 bits per heavy atom. The Bertz CT molecular complexity index is 1070. The summed E-state index contributed by atoms with van der Waals surface area (Å²) in [5.74, 6) is -1.17. The second-order valence-corrected chi connectivity index (χ2v) is 8.34. The summed E-state index contributed by atoms with van der Waals surface area (Å²) in [6, 6.07) is 13.5. The quantitative estimate of drug-likeness (QED) is 0.679. The van der Waals surface area contributed by atoms with Gasteiger partial charge in [-0.05, 0) is 44.0 Å². The van der Waals surface area contributed by atoms with Crippen molar-refractivity contribution in [2.45, 2.75) is 25.7 Å². The Balaban J connectivity index is 1.44. The molecule has 4 rings (SSSR count). The molecule has 1 aliphatic heterocycles. The van der Waals surface area contributed by atoms with Gasteiger partial charge in [-0.2, -0.15) is 0 Å². The highest BCUT2D eigenvalue weighted by Crippen LogP contribution is 2.30. The molecule has 1 unspecified atom stereocenters. The van der Waals surface area contributed by atoms with Crippen LogP contribution < -0.4 is 5.32 Å². The number of hydrogen-bond acceptors (Lipinski definition) is 5. The fourth-order valence-corrected chi connectivity index (χ4v) is 4.35. The van der Waals surface area contributed by atoms with E-state index in [1.807, 2.05) is 31.2 Å². The van der Waals surface area contributed by atoms with Gasteiger partial charge in [0.15, 0.2) is 0 Å². The number of anilines is 1. The van der Waals surface area contributed by atoms with Gasteiger partial charge >= 0.3 is 0 Å². The van der Waals surface area contributed by atoms with E-state index in [1.54, 1.807) is 17.0 Å². The van der Waals surface area contributed by atoms with E-state index in [-0.39, 0.29) is 28.3 Å². The summed E-state index contributed by atoms with van der Waals surface area (Å²) in [6.45, 7) is 2.98.